The van der Waals surface area contributed by atoms with E-state index in [0.717, 1.165) is 36.9 Å². The van der Waals surface area contributed by atoms with Gasteiger partial charge < -0.3 is 15.7 Å². The molecule has 2 amide bonds. The van der Waals surface area contributed by atoms with Crippen molar-refractivity contribution in [1.29, 1.82) is 0 Å². The van der Waals surface area contributed by atoms with Gasteiger partial charge in [0.15, 0.2) is 0 Å². The summed E-state index contributed by atoms with van der Waals surface area (Å²) in [5.74, 6) is 0.562. The lowest BCUT2D eigenvalue weighted by Crippen LogP contribution is -2.49. The lowest BCUT2D eigenvalue weighted by Gasteiger charge is -2.31. The van der Waals surface area contributed by atoms with Crippen molar-refractivity contribution in [3.8, 4) is 11.3 Å². The summed E-state index contributed by atoms with van der Waals surface area (Å²) in [5.41, 5.74) is 1.50. The smallest absolute Gasteiger partial charge is 0.405 e. The monoisotopic (exact) mass is 405 g/mol. The molecular weight excluding hydrogens is 382 g/mol. The second-order valence-electron chi connectivity index (χ2n) is 7.33. The molecule has 0 aliphatic heterocycles. The maximum Gasteiger partial charge on any atom is 0.405 e. The highest BCUT2D eigenvalue weighted by molar-refractivity contribution is 6.33. The van der Waals surface area contributed by atoms with Crippen LogP contribution in [0.25, 0.3) is 11.3 Å². The van der Waals surface area contributed by atoms with Crippen molar-refractivity contribution in [2.24, 2.45) is 18.9 Å². The number of aromatic nitrogens is 3. The number of carbonyl (C=O) groups is 2. The number of aryl methyl sites for hydroxylation is 1. The Kier molecular flexibility index (Phi) is 6.18. The van der Waals surface area contributed by atoms with Crippen molar-refractivity contribution >= 4 is 29.4 Å². The first-order valence-corrected chi connectivity index (χ1v) is 9.67. The molecule has 3 rings (SSSR count). The van der Waals surface area contributed by atoms with E-state index in [-0.39, 0.29) is 11.8 Å². The Morgan fingerprint density at radius 2 is 1.96 bits per heavy atom. The van der Waals surface area contributed by atoms with Crippen LogP contribution in [0.4, 0.5) is 10.6 Å². The number of nitrogens with zero attached hydrogens (tertiary/aromatic N) is 3. The molecule has 0 unspecified atom stereocenters. The molecule has 1 aliphatic carbocycles. The zero-order valence-corrected chi connectivity index (χ0v) is 16.6. The lowest BCUT2D eigenvalue weighted by atomic mass is 9.79. The number of hydrogen-bond acceptors (Lipinski definition) is 4. The molecule has 0 radical (unpaired) electrons. The van der Waals surface area contributed by atoms with E-state index < -0.39 is 12.1 Å². The van der Waals surface area contributed by atoms with Crippen LogP contribution in [0.3, 0.4) is 0 Å². The van der Waals surface area contributed by atoms with Crippen LogP contribution in [0.15, 0.2) is 24.5 Å². The van der Waals surface area contributed by atoms with Gasteiger partial charge in [-0.3, -0.25) is 9.48 Å². The summed E-state index contributed by atoms with van der Waals surface area (Å²) in [4.78, 5) is 28.2. The van der Waals surface area contributed by atoms with Crippen LogP contribution in [-0.2, 0) is 11.8 Å². The SMILES string of the molecule is CC1CCC([C@H](NC(=O)O)C(=O)Nc2ccc(-c3c(Cl)cnn3C)cn2)CC1. The van der Waals surface area contributed by atoms with Gasteiger partial charge in [0.05, 0.1) is 16.9 Å². The molecule has 28 heavy (non-hydrogen) atoms. The highest BCUT2D eigenvalue weighted by atomic mass is 35.5. The topological polar surface area (TPSA) is 109 Å². The number of amides is 2. The van der Waals surface area contributed by atoms with Crippen molar-refractivity contribution in [3.63, 3.8) is 0 Å². The Balaban J connectivity index is 1.71. The largest absolute Gasteiger partial charge is 0.465 e. The quantitative estimate of drug-likeness (QED) is 0.704. The van der Waals surface area contributed by atoms with Crippen molar-refractivity contribution in [2.45, 2.75) is 38.6 Å². The summed E-state index contributed by atoms with van der Waals surface area (Å²) in [5, 5.41) is 18.9. The molecule has 2 aromatic heterocycles. The Labute approximate surface area is 168 Å². The highest BCUT2D eigenvalue weighted by Crippen LogP contribution is 2.31. The molecule has 0 spiro atoms. The molecule has 3 N–H and O–H groups in total. The molecule has 2 aromatic rings. The molecule has 9 heteroatoms. The Hall–Kier alpha value is -2.61. The first-order chi connectivity index (χ1) is 13.3. The number of pyridine rings is 1. The van der Waals surface area contributed by atoms with Crippen molar-refractivity contribution in [2.75, 3.05) is 5.32 Å². The van der Waals surface area contributed by atoms with E-state index >= 15 is 0 Å². The van der Waals surface area contributed by atoms with Gasteiger partial charge in [-0.15, -0.1) is 0 Å². The van der Waals surface area contributed by atoms with Crippen LogP contribution in [-0.4, -0.2) is 37.9 Å². The fourth-order valence-corrected chi connectivity index (χ4v) is 3.97. The average Bonchev–Trinajstić information content (AvgIpc) is 2.99. The average molecular weight is 406 g/mol. The van der Waals surface area contributed by atoms with E-state index in [9.17, 15) is 9.59 Å². The number of hydrogen-bond donors (Lipinski definition) is 3. The van der Waals surface area contributed by atoms with E-state index in [4.69, 9.17) is 16.7 Å². The number of carboxylic acid groups (broad SMARTS) is 1. The summed E-state index contributed by atoms with van der Waals surface area (Å²) in [7, 11) is 1.78. The second-order valence-corrected chi connectivity index (χ2v) is 7.74. The van der Waals surface area contributed by atoms with Crippen LogP contribution >= 0.6 is 11.6 Å². The minimum absolute atomic E-state index is 0.0141. The van der Waals surface area contributed by atoms with Gasteiger partial charge in [0.1, 0.15) is 11.9 Å². The Morgan fingerprint density at radius 1 is 1.25 bits per heavy atom. The van der Waals surface area contributed by atoms with E-state index in [0.29, 0.717) is 16.8 Å². The van der Waals surface area contributed by atoms with Gasteiger partial charge >= 0.3 is 6.09 Å². The third-order valence-corrected chi connectivity index (χ3v) is 5.55. The summed E-state index contributed by atoms with van der Waals surface area (Å²) >= 11 is 6.15. The van der Waals surface area contributed by atoms with Crippen LogP contribution in [0.5, 0.6) is 0 Å². The second kappa shape index (κ2) is 8.60. The Morgan fingerprint density at radius 3 is 2.50 bits per heavy atom. The maximum absolute atomic E-state index is 12.7. The maximum atomic E-state index is 12.7. The predicted octanol–water partition coefficient (Wildman–Crippen LogP) is 3.54. The van der Waals surface area contributed by atoms with Crippen molar-refractivity contribution in [3.05, 3.63) is 29.5 Å². The number of halogens is 1. The van der Waals surface area contributed by atoms with Crippen LogP contribution in [0.1, 0.15) is 32.6 Å². The third kappa shape index (κ3) is 4.62. The fraction of sp³-hybridized carbons (Fsp3) is 0.474. The number of anilines is 1. The number of nitrogens with one attached hydrogen (secondary N) is 2. The van der Waals surface area contributed by atoms with Gasteiger partial charge in [-0.1, -0.05) is 31.4 Å². The molecule has 150 valence electrons. The molecule has 1 saturated carbocycles. The highest BCUT2D eigenvalue weighted by Gasteiger charge is 2.32. The van der Waals surface area contributed by atoms with E-state index in [1.165, 1.54) is 0 Å². The van der Waals surface area contributed by atoms with E-state index in [2.05, 4.69) is 27.6 Å². The molecular formula is C19H24ClN5O3. The number of carbonyl (C=O) groups excluding carboxylic acids is 1. The van der Waals surface area contributed by atoms with Crippen molar-refractivity contribution in [1.82, 2.24) is 20.1 Å². The van der Waals surface area contributed by atoms with Crippen molar-refractivity contribution < 1.29 is 14.7 Å². The first-order valence-electron chi connectivity index (χ1n) is 9.29. The standard InChI is InChI=1S/C19H24ClN5O3/c1-11-3-5-12(6-4-11)16(24-19(27)28)18(26)23-15-8-7-13(9-21-15)17-14(20)10-22-25(17)2/h7-12,16,24H,3-6H2,1-2H3,(H,27,28)(H,21,23,26)/t11?,12?,16-/m0/s1. The molecule has 0 aromatic carbocycles. The normalized spacial score (nSPS) is 20.4. The van der Waals surface area contributed by atoms with Gasteiger partial charge in [0.25, 0.3) is 0 Å². The summed E-state index contributed by atoms with van der Waals surface area (Å²) in [6.45, 7) is 2.18. The third-order valence-electron chi connectivity index (χ3n) is 5.28. The molecule has 1 atom stereocenters. The van der Waals surface area contributed by atoms with Gasteiger partial charge in [0, 0.05) is 18.8 Å². The number of rotatable bonds is 5. The van der Waals surface area contributed by atoms with Gasteiger partial charge in [-0.2, -0.15) is 5.10 Å². The van der Waals surface area contributed by atoms with E-state index in [1.54, 1.807) is 36.3 Å². The molecule has 1 aliphatic rings. The molecule has 8 nitrogen and oxygen atoms in total. The first kappa shape index (κ1) is 20.1. The van der Waals surface area contributed by atoms with E-state index in [1.807, 2.05) is 0 Å². The summed E-state index contributed by atoms with van der Waals surface area (Å²) < 4.78 is 1.65. The lowest BCUT2D eigenvalue weighted by molar-refractivity contribution is -0.119. The van der Waals surface area contributed by atoms with Gasteiger partial charge in [-0.05, 0) is 36.8 Å². The van der Waals surface area contributed by atoms with Crippen LogP contribution < -0.4 is 10.6 Å². The predicted molar refractivity (Wildman–Crippen MR) is 106 cm³/mol. The van der Waals surface area contributed by atoms with Crippen LogP contribution in [0.2, 0.25) is 5.02 Å². The fourth-order valence-electron chi connectivity index (χ4n) is 3.70. The zero-order chi connectivity index (χ0) is 20.3. The molecule has 0 bridgehead atoms. The zero-order valence-electron chi connectivity index (χ0n) is 15.9. The molecule has 0 saturated heterocycles. The molecule has 1 fully saturated rings. The Bertz CT molecular complexity index is 824. The van der Waals surface area contributed by atoms with Gasteiger partial charge in [0.2, 0.25) is 5.91 Å². The van der Waals surface area contributed by atoms with Crippen LogP contribution in [0, 0.1) is 11.8 Å². The minimum Gasteiger partial charge on any atom is -0.465 e. The summed E-state index contributed by atoms with van der Waals surface area (Å²) in [6.07, 6.45) is 5.59. The van der Waals surface area contributed by atoms with Gasteiger partial charge in [-0.25, -0.2) is 9.78 Å². The summed E-state index contributed by atoms with van der Waals surface area (Å²) in [6, 6.07) is 2.66. The molecule has 2 heterocycles. The minimum atomic E-state index is -1.20.